The lowest BCUT2D eigenvalue weighted by Gasteiger charge is -2.27. The first kappa shape index (κ1) is 14.1. The number of nitrogens with one attached hydrogen (secondary N) is 1. The highest BCUT2D eigenvalue weighted by Crippen LogP contribution is 2.36. The van der Waals surface area contributed by atoms with E-state index in [-0.39, 0.29) is 11.5 Å². The van der Waals surface area contributed by atoms with Crippen LogP contribution < -0.4 is 17.0 Å². The van der Waals surface area contributed by atoms with Gasteiger partial charge in [-0.1, -0.05) is 18.2 Å². The molecule has 1 amide bonds. The molecule has 1 aromatic heterocycles. The number of hydrogen-bond donors (Lipinski definition) is 3. The summed E-state index contributed by atoms with van der Waals surface area (Å²) < 4.78 is 0. The molecule has 6 nitrogen and oxygen atoms in total. The average molecular weight is 282 g/mol. The molecule has 0 spiro atoms. The second kappa shape index (κ2) is 5.75. The Labute approximate surface area is 115 Å². The number of primary amides is 1. The van der Waals surface area contributed by atoms with Crippen LogP contribution in [0.5, 0.6) is 0 Å². The van der Waals surface area contributed by atoms with Gasteiger partial charge in [0.25, 0.3) is 5.56 Å². The van der Waals surface area contributed by atoms with Crippen molar-refractivity contribution in [1.82, 2.24) is 9.97 Å². The van der Waals surface area contributed by atoms with E-state index in [0.717, 1.165) is 25.0 Å². The smallest absolute Gasteiger partial charge is 0.251 e. The lowest BCUT2D eigenvalue weighted by atomic mass is 9.85. The first-order chi connectivity index (χ1) is 9.02. The van der Waals surface area contributed by atoms with E-state index < -0.39 is 11.4 Å². The molecule has 1 fully saturated rings. The molecule has 5 N–H and O–H groups in total. The van der Waals surface area contributed by atoms with Gasteiger partial charge in [-0.25, -0.2) is 4.98 Å². The monoisotopic (exact) mass is 282 g/mol. The van der Waals surface area contributed by atoms with E-state index in [4.69, 9.17) is 11.5 Å². The normalized spacial score (nSPS) is 26.5. The molecule has 1 aromatic rings. The van der Waals surface area contributed by atoms with Gasteiger partial charge in [-0.3, -0.25) is 9.59 Å². The fourth-order valence-electron chi connectivity index (χ4n) is 2.55. The van der Waals surface area contributed by atoms with Gasteiger partial charge in [-0.05, 0) is 25.2 Å². The van der Waals surface area contributed by atoms with Gasteiger partial charge in [-0.2, -0.15) is 0 Å². The number of nitrogens with two attached hydrogens (primary N) is 2. The highest BCUT2D eigenvalue weighted by atomic mass is 32.2. The maximum atomic E-state index is 11.4. The molecule has 19 heavy (non-hydrogen) atoms. The van der Waals surface area contributed by atoms with Crippen LogP contribution in [0.15, 0.2) is 22.2 Å². The minimum Gasteiger partial charge on any atom is -0.368 e. The van der Waals surface area contributed by atoms with Crippen LogP contribution in [0, 0.1) is 5.92 Å². The maximum Gasteiger partial charge on any atom is 0.251 e. The highest BCUT2D eigenvalue weighted by molar-refractivity contribution is 7.99. The molecule has 7 heteroatoms. The number of aromatic amines is 1. The summed E-state index contributed by atoms with van der Waals surface area (Å²) in [6.45, 7) is 0. The number of carbonyl (C=O) groups is 1. The maximum absolute atomic E-state index is 11.4. The largest absolute Gasteiger partial charge is 0.368 e. The summed E-state index contributed by atoms with van der Waals surface area (Å²) in [5.74, 6) is 0.461. The molecule has 0 aliphatic heterocycles. The number of thioether (sulfide) groups is 1. The van der Waals surface area contributed by atoms with Crippen LogP contribution in [0.1, 0.15) is 25.7 Å². The van der Waals surface area contributed by atoms with E-state index in [2.05, 4.69) is 9.97 Å². The molecule has 2 atom stereocenters. The molecule has 0 bridgehead atoms. The van der Waals surface area contributed by atoms with Crippen molar-refractivity contribution >= 4 is 17.7 Å². The van der Waals surface area contributed by atoms with Crippen molar-refractivity contribution in [3.05, 3.63) is 22.6 Å². The third-order valence-electron chi connectivity index (χ3n) is 3.68. The molecule has 104 valence electrons. The van der Waals surface area contributed by atoms with Crippen molar-refractivity contribution < 1.29 is 4.79 Å². The van der Waals surface area contributed by atoms with Crippen molar-refractivity contribution in [2.24, 2.45) is 17.4 Å². The van der Waals surface area contributed by atoms with Crippen LogP contribution in [0.25, 0.3) is 0 Å². The zero-order chi connectivity index (χ0) is 13.9. The third-order valence-corrected chi connectivity index (χ3v) is 4.60. The molecular formula is C12H18N4O2S. The number of nitrogens with zero attached hydrogens (tertiary/aromatic N) is 1. The zero-order valence-corrected chi connectivity index (χ0v) is 11.4. The number of aromatic nitrogens is 2. The van der Waals surface area contributed by atoms with Crippen molar-refractivity contribution in [3.63, 3.8) is 0 Å². The Hall–Kier alpha value is -1.34. The molecule has 2 unspecified atom stereocenters. The summed E-state index contributed by atoms with van der Waals surface area (Å²) in [5, 5.41) is 0.590. The van der Waals surface area contributed by atoms with Crippen LogP contribution in [0.2, 0.25) is 0 Å². The fourth-order valence-corrected chi connectivity index (χ4v) is 3.46. The minimum absolute atomic E-state index is 0.118. The predicted octanol–water partition coefficient (Wildman–Crippen LogP) is 0.235. The van der Waals surface area contributed by atoms with Crippen LogP contribution in [-0.4, -0.2) is 27.2 Å². The third kappa shape index (κ3) is 3.16. The van der Waals surface area contributed by atoms with Crippen molar-refractivity contribution in [3.8, 4) is 0 Å². The van der Waals surface area contributed by atoms with E-state index in [1.54, 1.807) is 0 Å². The summed E-state index contributed by atoms with van der Waals surface area (Å²) in [7, 11) is 0. The van der Waals surface area contributed by atoms with Crippen LogP contribution in [0.3, 0.4) is 0 Å². The topological polar surface area (TPSA) is 115 Å². The van der Waals surface area contributed by atoms with Crippen LogP contribution in [0.4, 0.5) is 0 Å². The Bertz CT molecular complexity index is 518. The first-order valence-electron chi connectivity index (χ1n) is 6.29. The van der Waals surface area contributed by atoms with Gasteiger partial charge in [0.15, 0.2) is 5.16 Å². The number of rotatable bonds is 5. The summed E-state index contributed by atoms with van der Waals surface area (Å²) in [4.78, 5) is 29.3. The van der Waals surface area contributed by atoms with Crippen molar-refractivity contribution in [2.45, 2.75) is 36.4 Å². The summed E-state index contributed by atoms with van der Waals surface area (Å²) in [5.41, 5.74) is 10.5. The Morgan fingerprint density at radius 3 is 3.11 bits per heavy atom. The lowest BCUT2D eigenvalue weighted by molar-refractivity contribution is -0.124. The van der Waals surface area contributed by atoms with Gasteiger partial charge in [0, 0.05) is 18.0 Å². The van der Waals surface area contributed by atoms with Gasteiger partial charge >= 0.3 is 0 Å². The van der Waals surface area contributed by atoms with E-state index in [1.165, 1.54) is 24.0 Å². The minimum atomic E-state index is -0.863. The predicted molar refractivity (Wildman–Crippen MR) is 73.7 cm³/mol. The van der Waals surface area contributed by atoms with E-state index >= 15 is 0 Å². The van der Waals surface area contributed by atoms with Gasteiger partial charge in [-0.15, -0.1) is 0 Å². The summed E-state index contributed by atoms with van der Waals surface area (Å²) in [6.07, 6.45) is 4.81. The standard InChI is InChI=1S/C12H18N4O2S/c13-10(18)12(14)5-1-2-8(12)4-7-19-11-15-6-3-9(17)16-11/h3,6,8H,1-2,4-5,7,14H2,(H2,13,18)(H,15,16,17). The molecular weight excluding hydrogens is 264 g/mol. The zero-order valence-electron chi connectivity index (χ0n) is 10.6. The van der Waals surface area contributed by atoms with E-state index in [1.807, 2.05) is 0 Å². The molecule has 1 aliphatic rings. The summed E-state index contributed by atoms with van der Waals surface area (Å²) >= 11 is 1.46. The number of hydrogen-bond acceptors (Lipinski definition) is 5. The highest BCUT2D eigenvalue weighted by Gasteiger charge is 2.43. The van der Waals surface area contributed by atoms with Crippen molar-refractivity contribution in [1.29, 1.82) is 0 Å². The van der Waals surface area contributed by atoms with Crippen LogP contribution >= 0.6 is 11.8 Å². The second-order valence-corrected chi connectivity index (χ2v) is 5.95. The Morgan fingerprint density at radius 1 is 1.63 bits per heavy atom. The Balaban J connectivity index is 1.89. The van der Waals surface area contributed by atoms with E-state index in [0.29, 0.717) is 11.6 Å². The molecule has 2 rings (SSSR count). The molecule has 0 saturated heterocycles. The van der Waals surface area contributed by atoms with Crippen molar-refractivity contribution in [2.75, 3.05) is 5.75 Å². The molecule has 1 saturated carbocycles. The fraction of sp³-hybridized carbons (Fsp3) is 0.583. The van der Waals surface area contributed by atoms with E-state index in [9.17, 15) is 9.59 Å². The molecule has 0 aromatic carbocycles. The summed E-state index contributed by atoms with van der Waals surface area (Å²) in [6, 6.07) is 1.37. The molecule has 1 aliphatic carbocycles. The van der Waals surface area contributed by atoms with Gasteiger partial charge < -0.3 is 16.5 Å². The lowest BCUT2D eigenvalue weighted by Crippen LogP contribution is -2.54. The first-order valence-corrected chi connectivity index (χ1v) is 7.28. The Kier molecular flexibility index (Phi) is 4.26. The second-order valence-electron chi connectivity index (χ2n) is 4.87. The van der Waals surface area contributed by atoms with Gasteiger partial charge in [0.05, 0.1) is 5.54 Å². The quantitative estimate of drug-likeness (QED) is 0.528. The molecule has 0 radical (unpaired) electrons. The van der Waals surface area contributed by atoms with Crippen LogP contribution in [-0.2, 0) is 4.79 Å². The average Bonchev–Trinajstić information content (AvgIpc) is 2.73. The SMILES string of the molecule is NC(=O)C1(N)CCCC1CCSc1nccc(=O)[nH]1. The van der Waals surface area contributed by atoms with Gasteiger partial charge in [0.1, 0.15) is 0 Å². The number of amides is 1. The molecule has 1 heterocycles. The van der Waals surface area contributed by atoms with Gasteiger partial charge in [0.2, 0.25) is 5.91 Å². The number of H-pyrrole nitrogens is 1. The number of carbonyl (C=O) groups excluding carboxylic acids is 1. The Morgan fingerprint density at radius 2 is 2.42 bits per heavy atom.